The summed E-state index contributed by atoms with van der Waals surface area (Å²) in [5, 5.41) is 0.540. The molecule has 1 heterocycles. The van der Waals surface area contributed by atoms with Crippen LogP contribution in [-0.4, -0.2) is 23.0 Å². The van der Waals surface area contributed by atoms with E-state index in [0.717, 1.165) is 0 Å². The number of carbonyl (C=O) groups excluding carboxylic acids is 1. The van der Waals surface area contributed by atoms with Gasteiger partial charge in [0.25, 0.3) is 0 Å². The third-order valence-electron chi connectivity index (χ3n) is 1.98. The van der Waals surface area contributed by atoms with E-state index >= 15 is 0 Å². The van der Waals surface area contributed by atoms with Gasteiger partial charge in [0.2, 0.25) is 0 Å². The van der Waals surface area contributed by atoms with Gasteiger partial charge in [-0.25, -0.2) is 9.97 Å². The van der Waals surface area contributed by atoms with E-state index in [-0.39, 0.29) is 28.6 Å². The SMILES string of the molecule is COC(=O)CC(C)c1c(Cl)ncnc1Cl. The topological polar surface area (TPSA) is 52.1 Å². The summed E-state index contributed by atoms with van der Waals surface area (Å²) in [5.41, 5.74) is 0.575. The second-order valence-electron chi connectivity index (χ2n) is 3.05. The van der Waals surface area contributed by atoms with E-state index in [4.69, 9.17) is 23.2 Å². The van der Waals surface area contributed by atoms with Crippen LogP contribution < -0.4 is 0 Å². The van der Waals surface area contributed by atoms with Gasteiger partial charge < -0.3 is 4.74 Å². The summed E-state index contributed by atoms with van der Waals surface area (Å²) in [4.78, 5) is 18.7. The highest BCUT2D eigenvalue weighted by Crippen LogP contribution is 2.30. The Bertz CT molecular complexity index is 351. The molecule has 0 amide bonds. The van der Waals surface area contributed by atoms with Gasteiger partial charge in [-0.15, -0.1) is 0 Å². The molecule has 15 heavy (non-hydrogen) atoms. The molecule has 6 heteroatoms. The van der Waals surface area contributed by atoms with Gasteiger partial charge in [0, 0.05) is 5.56 Å². The molecule has 0 aliphatic carbocycles. The second kappa shape index (κ2) is 5.28. The third kappa shape index (κ3) is 3.04. The minimum atomic E-state index is -0.321. The van der Waals surface area contributed by atoms with Crippen molar-refractivity contribution in [1.82, 2.24) is 9.97 Å². The van der Waals surface area contributed by atoms with Gasteiger partial charge in [-0.05, 0) is 5.92 Å². The Balaban J connectivity index is 2.90. The van der Waals surface area contributed by atoms with E-state index in [0.29, 0.717) is 5.56 Å². The first kappa shape index (κ1) is 12.2. The first-order valence-electron chi connectivity index (χ1n) is 4.29. The van der Waals surface area contributed by atoms with Crippen LogP contribution in [-0.2, 0) is 9.53 Å². The second-order valence-corrected chi connectivity index (χ2v) is 3.77. The molecular weight excluding hydrogens is 239 g/mol. The smallest absolute Gasteiger partial charge is 0.306 e. The largest absolute Gasteiger partial charge is 0.469 e. The van der Waals surface area contributed by atoms with E-state index in [9.17, 15) is 4.79 Å². The average Bonchev–Trinajstić information content (AvgIpc) is 2.17. The first-order chi connectivity index (χ1) is 7.06. The highest BCUT2D eigenvalue weighted by molar-refractivity contribution is 6.34. The molecule has 0 aliphatic rings. The summed E-state index contributed by atoms with van der Waals surface area (Å²) in [7, 11) is 1.33. The Morgan fingerprint density at radius 1 is 1.47 bits per heavy atom. The lowest BCUT2D eigenvalue weighted by molar-refractivity contribution is -0.140. The fourth-order valence-electron chi connectivity index (χ4n) is 1.20. The number of nitrogens with zero attached hydrogens (tertiary/aromatic N) is 2. The van der Waals surface area contributed by atoms with Crippen molar-refractivity contribution >= 4 is 29.2 Å². The lowest BCUT2D eigenvalue weighted by Crippen LogP contribution is -2.08. The molecule has 4 nitrogen and oxygen atoms in total. The number of methoxy groups -OCH3 is 1. The van der Waals surface area contributed by atoms with Gasteiger partial charge >= 0.3 is 5.97 Å². The van der Waals surface area contributed by atoms with Gasteiger partial charge in [0.15, 0.2) is 0 Å². The molecular formula is C9H10Cl2N2O2. The van der Waals surface area contributed by atoms with Crippen LogP contribution in [0.3, 0.4) is 0 Å². The summed E-state index contributed by atoms with van der Waals surface area (Å²) < 4.78 is 4.56. The van der Waals surface area contributed by atoms with E-state index < -0.39 is 0 Å². The number of carbonyl (C=O) groups is 1. The number of hydrogen-bond acceptors (Lipinski definition) is 4. The molecule has 0 bridgehead atoms. The molecule has 0 saturated carbocycles. The van der Waals surface area contributed by atoms with Crippen molar-refractivity contribution in [1.29, 1.82) is 0 Å². The fourth-order valence-corrected chi connectivity index (χ4v) is 1.88. The Morgan fingerprint density at radius 2 is 2.00 bits per heavy atom. The maximum Gasteiger partial charge on any atom is 0.306 e. The zero-order valence-electron chi connectivity index (χ0n) is 8.33. The Labute approximate surface area is 97.6 Å². The number of aromatic nitrogens is 2. The van der Waals surface area contributed by atoms with Crippen molar-refractivity contribution in [3.63, 3.8) is 0 Å². The quantitative estimate of drug-likeness (QED) is 0.609. The van der Waals surface area contributed by atoms with E-state index in [1.807, 2.05) is 6.92 Å². The van der Waals surface area contributed by atoms with Crippen LogP contribution in [0.25, 0.3) is 0 Å². The minimum absolute atomic E-state index is 0.168. The van der Waals surface area contributed by atoms with Crippen LogP contribution in [0.4, 0.5) is 0 Å². The summed E-state index contributed by atoms with van der Waals surface area (Å²) in [6, 6.07) is 0. The van der Waals surface area contributed by atoms with E-state index in [1.165, 1.54) is 13.4 Å². The van der Waals surface area contributed by atoms with Crippen LogP contribution in [0.1, 0.15) is 24.8 Å². The Morgan fingerprint density at radius 3 is 2.47 bits per heavy atom. The molecule has 0 aliphatic heterocycles. The zero-order chi connectivity index (χ0) is 11.4. The molecule has 1 unspecified atom stereocenters. The summed E-state index contributed by atoms with van der Waals surface area (Å²) in [5.74, 6) is -0.489. The van der Waals surface area contributed by atoms with Gasteiger partial charge in [0.05, 0.1) is 13.5 Å². The number of rotatable bonds is 3. The number of esters is 1. The van der Waals surface area contributed by atoms with Crippen molar-refractivity contribution in [3.8, 4) is 0 Å². The summed E-state index contributed by atoms with van der Waals surface area (Å²) in [6.45, 7) is 1.81. The van der Waals surface area contributed by atoms with Crippen LogP contribution in [0.2, 0.25) is 10.3 Å². The summed E-state index contributed by atoms with van der Waals surface area (Å²) >= 11 is 11.7. The molecule has 1 aromatic heterocycles. The highest BCUT2D eigenvalue weighted by Gasteiger charge is 2.18. The first-order valence-corrected chi connectivity index (χ1v) is 5.04. The van der Waals surface area contributed by atoms with E-state index in [2.05, 4.69) is 14.7 Å². The number of halogens is 2. The maximum absolute atomic E-state index is 11.1. The lowest BCUT2D eigenvalue weighted by Gasteiger charge is -2.12. The zero-order valence-corrected chi connectivity index (χ0v) is 9.84. The van der Waals surface area contributed by atoms with Crippen LogP contribution in [0, 0.1) is 0 Å². The van der Waals surface area contributed by atoms with Gasteiger partial charge in [-0.3, -0.25) is 4.79 Å². The van der Waals surface area contributed by atoms with Crippen molar-refractivity contribution in [2.24, 2.45) is 0 Å². The van der Waals surface area contributed by atoms with Crippen LogP contribution in [0.15, 0.2) is 6.33 Å². The Hall–Kier alpha value is -0.870. The monoisotopic (exact) mass is 248 g/mol. The molecule has 0 N–H and O–H groups in total. The summed E-state index contributed by atoms with van der Waals surface area (Å²) in [6.07, 6.45) is 1.47. The standard InChI is InChI=1S/C9H10Cl2N2O2/c1-5(3-6(14)15-2)7-8(10)12-4-13-9(7)11/h4-5H,3H2,1-2H3. The molecule has 1 atom stereocenters. The predicted molar refractivity (Wildman–Crippen MR) is 57.1 cm³/mol. The molecule has 1 rings (SSSR count). The van der Waals surface area contributed by atoms with Crippen molar-refractivity contribution in [3.05, 3.63) is 22.2 Å². The minimum Gasteiger partial charge on any atom is -0.469 e. The molecule has 0 aromatic carbocycles. The highest BCUT2D eigenvalue weighted by atomic mass is 35.5. The lowest BCUT2D eigenvalue weighted by atomic mass is 10.0. The molecule has 1 aromatic rings. The normalized spacial score (nSPS) is 12.3. The molecule has 82 valence electrons. The third-order valence-corrected chi connectivity index (χ3v) is 2.58. The molecule has 0 radical (unpaired) electrons. The average molecular weight is 249 g/mol. The van der Waals surface area contributed by atoms with Gasteiger partial charge in [-0.2, -0.15) is 0 Å². The van der Waals surface area contributed by atoms with Crippen molar-refractivity contribution < 1.29 is 9.53 Å². The van der Waals surface area contributed by atoms with Crippen LogP contribution >= 0.6 is 23.2 Å². The molecule has 0 saturated heterocycles. The van der Waals surface area contributed by atoms with E-state index in [1.54, 1.807) is 0 Å². The molecule has 0 fully saturated rings. The molecule has 0 spiro atoms. The van der Waals surface area contributed by atoms with Crippen molar-refractivity contribution in [2.45, 2.75) is 19.3 Å². The van der Waals surface area contributed by atoms with Crippen molar-refractivity contribution in [2.75, 3.05) is 7.11 Å². The number of hydrogen-bond donors (Lipinski definition) is 0. The van der Waals surface area contributed by atoms with Gasteiger partial charge in [0.1, 0.15) is 16.6 Å². The van der Waals surface area contributed by atoms with Gasteiger partial charge in [-0.1, -0.05) is 30.1 Å². The van der Waals surface area contributed by atoms with Crippen LogP contribution in [0.5, 0.6) is 0 Å². The Kier molecular flexibility index (Phi) is 4.29. The maximum atomic E-state index is 11.1. The number of ether oxygens (including phenoxy) is 1. The fraction of sp³-hybridized carbons (Fsp3) is 0.444. The predicted octanol–water partition coefficient (Wildman–Crippen LogP) is 2.45.